The standard InChI is InChI=1S/C22H19N3O3S/c1-14-6-8-15(9-7-14)19-23-16(13-29-19)12-25-20(26)22(24-21(25)27)10-11-28-18-5-3-2-4-17(18)22/h2-9,13H,10-12H2,1H3,(H,24,27). The lowest BCUT2D eigenvalue weighted by Crippen LogP contribution is -2.47. The molecule has 1 N–H and O–H groups in total. The Morgan fingerprint density at radius 3 is 2.79 bits per heavy atom. The maximum Gasteiger partial charge on any atom is 0.325 e. The van der Waals surface area contributed by atoms with Crippen molar-refractivity contribution in [1.29, 1.82) is 0 Å². The molecule has 3 aromatic rings. The van der Waals surface area contributed by atoms with Crippen LogP contribution >= 0.6 is 11.3 Å². The number of urea groups is 1. The summed E-state index contributed by atoms with van der Waals surface area (Å²) in [7, 11) is 0. The van der Waals surface area contributed by atoms with E-state index >= 15 is 0 Å². The second-order valence-electron chi connectivity index (χ2n) is 7.33. The molecule has 1 aromatic heterocycles. The van der Waals surface area contributed by atoms with E-state index in [-0.39, 0.29) is 12.5 Å². The first-order chi connectivity index (χ1) is 14.1. The van der Waals surface area contributed by atoms with Crippen molar-refractivity contribution >= 4 is 23.3 Å². The molecule has 3 amide bonds. The minimum atomic E-state index is -1.05. The zero-order valence-corrected chi connectivity index (χ0v) is 16.7. The molecule has 1 saturated heterocycles. The number of carbonyl (C=O) groups is 2. The molecule has 2 aromatic carbocycles. The predicted octanol–water partition coefficient (Wildman–Crippen LogP) is 3.85. The van der Waals surface area contributed by atoms with E-state index in [0.29, 0.717) is 30.0 Å². The molecular weight excluding hydrogens is 386 g/mol. The monoisotopic (exact) mass is 405 g/mol. The Bertz CT molecular complexity index is 1110. The average Bonchev–Trinajstić information content (AvgIpc) is 3.29. The first-order valence-electron chi connectivity index (χ1n) is 9.45. The maximum absolute atomic E-state index is 13.3. The van der Waals surface area contributed by atoms with Gasteiger partial charge in [-0.15, -0.1) is 11.3 Å². The average molecular weight is 405 g/mol. The number of fused-ring (bicyclic) bond motifs is 2. The summed E-state index contributed by atoms with van der Waals surface area (Å²) >= 11 is 1.51. The Kier molecular flexibility index (Phi) is 4.13. The summed E-state index contributed by atoms with van der Waals surface area (Å²) in [6, 6.07) is 15.1. The van der Waals surface area contributed by atoms with Crippen molar-refractivity contribution in [2.75, 3.05) is 6.61 Å². The van der Waals surface area contributed by atoms with Crippen LogP contribution in [-0.4, -0.2) is 28.4 Å². The molecular formula is C22H19N3O3S. The summed E-state index contributed by atoms with van der Waals surface area (Å²) < 4.78 is 5.68. The number of rotatable bonds is 3. The smallest absolute Gasteiger partial charge is 0.325 e. The first kappa shape index (κ1) is 17.9. The molecule has 1 unspecified atom stereocenters. The van der Waals surface area contributed by atoms with Crippen LogP contribution in [0.25, 0.3) is 10.6 Å². The number of thiazole rings is 1. The fraction of sp³-hybridized carbons (Fsp3) is 0.227. The van der Waals surface area contributed by atoms with Crippen molar-refractivity contribution in [1.82, 2.24) is 15.2 Å². The van der Waals surface area contributed by atoms with Gasteiger partial charge < -0.3 is 10.1 Å². The van der Waals surface area contributed by atoms with Crippen LogP contribution in [0.5, 0.6) is 5.75 Å². The van der Waals surface area contributed by atoms with Crippen molar-refractivity contribution in [2.24, 2.45) is 0 Å². The lowest BCUT2D eigenvalue weighted by molar-refractivity contribution is -0.133. The van der Waals surface area contributed by atoms with E-state index in [1.807, 2.05) is 60.8 Å². The quantitative estimate of drug-likeness (QED) is 0.672. The summed E-state index contributed by atoms with van der Waals surface area (Å²) in [6.45, 7) is 2.57. The molecule has 3 heterocycles. The third-order valence-corrected chi connectivity index (χ3v) is 6.37. The third-order valence-electron chi connectivity index (χ3n) is 5.43. The summed E-state index contributed by atoms with van der Waals surface area (Å²) in [5, 5.41) is 5.70. The van der Waals surface area contributed by atoms with Crippen molar-refractivity contribution in [3.05, 3.63) is 70.7 Å². The number of aryl methyl sites for hydroxylation is 1. The Morgan fingerprint density at radius 2 is 1.97 bits per heavy atom. The van der Waals surface area contributed by atoms with E-state index in [2.05, 4.69) is 10.3 Å². The number of imide groups is 1. The van der Waals surface area contributed by atoms with Gasteiger partial charge in [0.1, 0.15) is 10.8 Å². The van der Waals surface area contributed by atoms with E-state index in [0.717, 1.165) is 10.6 Å². The third kappa shape index (κ3) is 2.89. The highest BCUT2D eigenvalue weighted by molar-refractivity contribution is 7.13. The number of hydrogen-bond donors (Lipinski definition) is 1. The second kappa shape index (κ2) is 6.70. The molecule has 5 rings (SSSR count). The van der Waals surface area contributed by atoms with Crippen molar-refractivity contribution in [2.45, 2.75) is 25.4 Å². The number of ether oxygens (including phenoxy) is 1. The molecule has 0 saturated carbocycles. The number of hydrogen-bond acceptors (Lipinski definition) is 5. The number of carbonyl (C=O) groups excluding carboxylic acids is 2. The normalized spacial score (nSPS) is 20.5. The van der Waals surface area contributed by atoms with Crippen LogP contribution < -0.4 is 10.1 Å². The highest BCUT2D eigenvalue weighted by Crippen LogP contribution is 2.41. The molecule has 6 nitrogen and oxygen atoms in total. The second-order valence-corrected chi connectivity index (χ2v) is 8.19. The maximum atomic E-state index is 13.3. The summed E-state index contributed by atoms with van der Waals surface area (Å²) in [5.41, 5.74) is 2.57. The molecule has 1 atom stereocenters. The number of para-hydroxylation sites is 1. The van der Waals surface area contributed by atoms with E-state index in [1.165, 1.54) is 21.8 Å². The molecule has 146 valence electrons. The lowest BCUT2D eigenvalue weighted by atomic mass is 9.84. The van der Waals surface area contributed by atoms with Gasteiger partial charge in [-0.2, -0.15) is 0 Å². The topological polar surface area (TPSA) is 71.5 Å². The molecule has 0 bridgehead atoms. The minimum absolute atomic E-state index is 0.151. The Morgan fingerprint density at radius 1 is 1.17 bits per heavy atom. The molecule has 2 aliphatic rings. The fourth-order valence-electron chi connectivity index (χ4n) is 3.89. The zero-order chi connectivity index (χ0) is 20.0. The molecule has 1 spiro atoms. The number of amides is 3. The van der Waals surface area contributed by atoms with Crippen molar-refractivity contribution in [3.8, 4) is 16.3 Å². The van der Waals surface area contributed by atoms with E-state index in [1.54, 1.807) is 0 Å². The molecule has 1 fully saturated rings. The van der Waals surface area contributed by atoms with Crippen LogP contribution in [0.3, 0.4) is 0 Å². The Hall–Kier alpha value is -3.19. The number of aromatic nitrogens is 1. The van der Waals surface area contributed by atoms with Crippen LogP contribution in [-0.2, 0) is 16.9 Å². The van der Waals surface area contributed by atoms with Gasteiger partial charge in [0.05, 0.1) is 18.8 Å². The van der Waals surface area contributed by atoms with Crippen LogP contribution in [0.4, 0.5) is 4.79 Å². The SMILES string of the molecule is Cc1ccc(-c2nc(CN3C(=O)NC4(CCOc5ccccc54)C3=O)cs2)cc1. The van der Waals surface area contributed by atoms with Gasteiger partial charge in [-0.1, -0.05) is 48.0 Å². The van der Waals surface area contributed by atoms with Crippen molar-refractivity contribution in [3.63, 3.8) is 0 Å². The van der Waals surface area contributed by atoms with E-state index < -0.39 is 11.6 Å². The van der Waals surface area contributed by atoms with Crippen LogP contribution in [0.1, 0.15) is 23.2 Å². The van der Waals surface area contributed by atoms with E-state index in [4.69, 9.17) is 4.74 Å². The zero-order valence-electron chi connectivity index (χ0n) is 15.8. The number of nitrogens with zero attached hydrogens (tertiary/aromatic N) is 2. The number of benzene rings is 2. The molecule has 0 radical (unpaired) electrons. The Balaban J connectivity index is 1.42. The summed E-state index contributed by atoms with van der Waals surface area (Å²) in [5.74, 6) is 0.396. The summed E-state index contributed by atoms with van der Waals surface area (Å²) in [6.07, 6.45) is 0.413. The summed E-state index contributed by atoms with van der Waals surface area (Å²) in [4.78, 5) is 32.0. The number of nitrogens with one attached hydrogen (secondary N) is 1. The largest absolute Gasteiger partial charge is 0.493 e. The van der Waals surface area contributed by atoms with Crippen LogP contribution in [0, 0.1) is 6.92 Å². The molecule has 2 aliphatic heterocycles. The Labute approximate surface area is 172 Å². The lowest BCUT2D eigenvalue weighted by Gasteiger charge is -2.33. The molecule has 0 aliphatic carbocycles. The van der Waals surface area contributed by atoms with Crippen molar-refractivity contribution < 1.29 is 14.3 Å². The van der Waals surface area contributed by atoms with Crippen LogP contribution in [0.15, 0.2) is 53.9 Å². The highest BCUT2D eigenvalue weighted by Gasteiger charge is 2.54. The van der Waals surface area contributed by atoms with Gasteiger partial charge in [0, 0.05) is 22.9 Å². The highest BCUT2D eigenvalue weighted by atomic mass is 32.1. The van der Waals surface area contributed by atoms with Gasteiger partial charge in [0.25, 0.3) is 5.91 Å². The van der Waals surface area contributed by atoms with Gasteiger partial charge in [-0.25, -0.2) is 9.78 Å². The fourth-order valence-corrected chi connectivity index (χ4v) is 4.70. The van der Waals surface area contributed by atoms with Gasteiger partial charge in [0.15, 0.2) is 5.54 Å². The molecule has 7 heteroatoms. The minimum Gasteiger partial charge on any atom is -0.493 e. The van der Waals surface area contributed by atoms with Crippen LogP contribution in [0.2, 0.25) is 0 Å². The first-order valence-corrected chi connectivity index (χ1v) is 10.3. The molecule has 29 heavy (non-hydrogen) atoms. The van der Waals surface area contributed by atoms with Gasteiger partial charge in [-0.3, -0.25) is 9.69 Å². The van der Waals surface area contributed by atoms with E-state index in [9.17, 15) is 9.59 Å². The van der Waals surface area contributed by atoms with Gasteiger partial charge >= 0.3 is 6.03 Å². The van der Waals surface area contributed by atoms with Gasteiger partial charge in [0.2, 0.25) is 0 Å². The van der Waals surface area contributed by atoms with Gasteiger partial charge in [-0.05, 0) is 13.0 Å². The predicted molar refractivity (Wildman–Crippen MR) is 110 cm³/mol.